The van der Waals surface area contributed by atoms with Crippen LogP contribution >= 0.6 is 11.6 Å². The Balaban J connectivity index is 2.38. The highest BCUT2D eigenvalue weighted by molar-refractivity contribution is 6.31. The van der Waals surface area contributed by atoms with E-state index in [1.54, 1.807) is 0 Å². The van der Waals surface area contributed by atoms with E-state index in [9.17, 15) is 5.26 Å². The Morgan fingerprint density at radius 1 is 1.39 bits per heavy atom. The van der Waals surface area contributed by atoms with Gasteiger partial charge in [-0.25, -0.2) is 9.83 Å². The fourth-order valence-corrected chi connectivity index (χ4v) is 3.16. The molecule has 2 rings (SSSR count). The van der Waals surface area contributed by atoms with Gasteiger partial charge in [-0.1, -0.05) is 18.5 Å². The molecular formula is C16H20ClN5O. The van der Waals surface area contributed by atoms with Crippen LogP contribution in [0, 0.1) is 17.9 Å². The van der Waals surface area contributed by atoms with E-state index in [-0.39, 0.29) is 11.8 Å². The zero-order valence-corrected chi connectivity index (χ0v) is 14.0. The summed E-state index contributed by atoms with van der Waals surface area (Å²) in [4.78, 5) is 12.2. The molecule has 1 aromatic heterocycles. The number of aromatic nitrogens is 1. The number of rotatable bonds is 4. The molecule has 1 aliphatic rings. The maximum atomic E-state index is 9.27. The van der Waals surface area contributed by atoms with E-state index in [1.807, 2.05) is 6.92 Å². The third-order valence-electron chi connectivity index (χ3n) is 4.09. The van der Waals surface area contributed by atoms with E-state index in [0.29, 0.717) is 35.6 Å². The Morgan fingerprint density at radius 2 is 2.17 bits per heavy atom. The highest BCUT2D eigenvalue weighted by Crippen LogP contribution is 2.36. The molecule has 122 valence electrons. The molecule has 6 nitrogen and oxygen atoms in total. The third-order valence-corrected chi connectivity index (χ3v) is 4.36. The number of nitrogens with zero attached hydrogens (tertiary/aromatic N) is 5. The van der Waals surface area contributed by atoms with Gasteiger partial charge in [0.05, 0.1) is 18.7 Å². The van der Waals surface area contributed by atoms with Gasteiger partial charge in [-0.05, 0) is 24.9 Å². The van der Waals surface area contributed by atoms with Crippen molar-refractivity contribution in [3.05, 3.63) is 27.7 Å². The molecule has 0 bridgehead atoms. The summed E-state index contributed by atoms with van der Waals surface area (Å²) in [5, 5.41) is 18.5. The highest BCUT2D eigenvalue weighted by Gasteiger charge is 2.23. The van der Waals surface area contributed by atoms with Crippen LogP contribution in [0.1, 0.15) is 24.5 Å². The predicted molar refractivity (Wildman–Crippen MR) is 90.0 cm³/mol. The van der Waals surface area contributed by atoms with Crippen LogP contribution in [0.25, 0.3) is 4.85 Å². The smallest absolute Gasteiger partial charge is 0.232 e. The molecule has 1 aromatic rings. The lowest BCUT2D eigenvalue weighted by atomic mass is 10.1. The van der Waals surface area contributed by atoms with Crippen LogP contribution in [-0.4, -0.2) is 54.3 Å². The number of nitriles is 1. The molecule has 0 amide bonds. The standard InChI is InChI=1S/C16H20ClN5O/c1-3-12-13(11-18)15(17)20-16(14(12)19-2)22-6-4-5-21(7-8-22)9-10-23/h23H,3-10H2,1H3. The van der Waals surface area contributed by atoms with Gasteiger partial charge in [0, 0.05) is 26.2 Å². The second-order valence-corrected chi connectivity index (χ2v) is 5.77. The van der Waals surface area contributed by atoms with Crippen molar-refractivity contribution in [2.45, 2.75) is 19.8 Å². The zero-order valence-electron chi connectivity index (χ0n) is 13.2. The van der Waals surface area contributed by atoms with Crippen molar-refractivity contribution in [2.75, 3.05) is 44.2 Å². The van der Waals surface area contributed by atoms with Gasteiger partial charge in [-0.3, -0.25) is 4.90 Å². The Kier molecular flexibility index (Phi) is 6.18. The normalized spacial score (nSPS) is 15.8. The SMILES string of the molecule is [C-]#[N+]c1c(N2CCCN(CCO)CC2)nc(Cl)c(C#N)c1CC. The maximum absolute atomic E-state index is 9.27. The summed E-state index contributed by atoms with van der Waals surface area (Å²) in [5.41, 5.74) is 1.42. The molecular weight excluding hydrogens is 314 g/mol. The van der Waals surface area contributed by atoms with E-state index >= 15 is 0 Å². The maximum Gasteiger partial charge on any atom is 0.232 e. The lowest BCUT2D eigenvalue weighted by Gasteiger charge is -2.25. The van der Waals surface area contributed by atoms with Gasteiger partial charge in [0.1, 0.15) is 17.0 Å². The van der Waals surface area contributed by atoms with Gasteiger partial charge in [0.2, 0.25) is 5.69 Å². The van der Waals surface area contributed by atoms with Crippen molar-refractivity contribution in [1.29, 1.82) is 5.26 Å². The number of hydrogen-bond donors (Lipinski definition) is 1. The molecule has 0 aliphatic carbocycles. The molecule has 0 saturated carbocycles. The molecule has 1 N–H and O–H groups in total. The molecule has 2 heterocycles. The van der Waals surface area contributed by atoms with Crippen LogP contribution in [-0.2, 0) is 6.42 Å². The van der Waals surface area contributed by atoms with E-state index in [1.165, 1.54) is 0 Å². The lowest BCUT2D eigenvalue weighted by Crippen LogP contribution is -2.32. The fourth-order valence-electron chi connectivity index (χ4n) is 2.92. The first-order valence-electron chi connectivity index (χ1n) is 7.74. The van der Waals surface area contributed by atoms with Gasteiger partial charge < -0.3 is 10.0 Å². The van der Waals surface area contributed by atoms with Crippen molar-refractivity contribution in [2.24, 2.45) is 0 Å². The largest absolute Gasteiger partial charge is 0.395 e. The second-order valence-electron chi connectivity index (χ2n) is 5.41. The van der Waals surface area contributed by atoms with Gasteiger partial charge in [0.25, 0.3) is 0 Å². The minimum absolute atomic E-state index is 0.147. The molecule has 1 fully saturated rings. The van der Waals surface area contributed by atoms with Crippen molar-refractivity contribution < 1.29 is 5.11 Å². The number of aliphatic hydroxyl groups is 1. The van der Waals surface area contributed by atoms with Crippen molar-refractivity contribution in [3.8, 4) is 6.07 Å². The Bertz CT molecular complexity index is 649. The number of anilines is 1. The number of hydrogen-bond acceptors (Lipinski definition) is 5. The van der Waals surface area contributed by atoms with E-state index in [0.717, 1.165) is 32.6 Å². The summed E-state index contributed by atoms with van der Waals surface area (Å²) in [6, 6.07) is 2.06. The second kappa shape index (κ2) is 8.12. The molecule has 0 radical (unpaired) electrons. The van der Waals surface area contributed by atoms with Crippen LogP contribution in [0.5, 0.6) is 0 Å². The summed E-state index contributed by atoms with van der Waals surface area (Å²) >= 11 is 6.17. The Labute approximate surface area is 141 Å². The Morgan fingerprint density at radius 3 is 2.78 bits per heavy atom. The Hall–Kier alpha value is -1.86. The van der Waals surface area contributed by atoms with Crippen LogP contribution in [0.15, 0.2) is 0 Å². The van der Waals surface area contributed by atoms with Gasteiger partial charge >= 0.3 is 0 Å². The molecule has 23 heavy (non-hydrogen) atoms. The van der Waals surface area contributed by atoms with E-state index < -0.39 is 0 Å². The van der Waals surface area contributed by atoms with Crippen LogP contribution in [0.4, 0.5) is 11.5 Å². The zero-order chi connectivity index (χ0) is 16.8. The van der Waals surface area contributed by atoms with Gasteiger partial charge in [-0.15, -0.1) is 0 Å². The molecule has 0 atom stereocenters. The lowest BCUT2D eigenvalue weighted by molar-refractivity contribution is 0.204. The fraction of sp³-hybridized carbons (Fsp3) is 0.562. The van der Waals surface area contributed by atoms with Gasteiger partial charge in [-0.2, -0.15) is 5.26 Å². The first-order chi connectivity index (χ1) is 11.2. The summed E-state index contributed by atoms with van der Waals surface area (Å²) in [7, 11) is 0. The number of aliphatic hydroxyl groups excluding tert-OH is 1. The molecule has 1 saturated heterocycles. The minimum atomic E-state index is 0.147. The van der Waals surface area contributed by atoms with Crippen molar-refractivity contribution >= 4 is 23.1 Å². The summed E-state index contributed by atoms with van der Waals surface area (Å²) < 4.78 is 0. The third kappa shape index (κ3) is 3.73. The van der Waals surface area contributed by atoms with Crippen molar-refractivity contribution in [1.82, 2.24) is 9.88 Å². The van der Waals surface area contributed by atoms with Gasteiger partial charge in [0.15, 0.2) is 0 Å². The number of halogens is 1. The minimum Gasteiger partial charge on any atom is -0.395 e. The monoisotopic (exact) mass is 333 g/mol. The quantitative estimate of drug-likeness (QED) is 0.676. The first kappa shape index (κ1) is 17.5. The van der Waals surface area contributed by atoms with Crippen LogP contribution in [0.2, 0.25) is 5.15 Å². The van der Waals surface area contributed by atoms with Crippen LogP contribution < -0.4 is 4.90 Å². The predicted octanol–water partition coefficient (Wildman–Crippen LogP) is 2.22. The van der Waals surface area contributed by atoms with E-state index in [2.05, 4.69) is 25.7 Å². The molecule has 0 aromatic carbocycles. The summed E-state index contributed by atoms with van der Waals surface area (Å²) in [5.74, 6) is 0.576. The first-order valence-corrected chi connectivity index (χ1v) is 8.12. The molecule has 1 aliphatic heterocycles. The number of β-amino-alcohol motifs (C(OH)–C–C–N with tert-alkyl or cyclic N) is 1. The summed E-state index contributed by atoms with van der Waals surface area (Å²) in [6.07, 6.45) is 1.50. The average molecular weight is 334 g/mol. The molecule has 7 heteroatoms. The molecule has 0 unspecified atom stereocenters. The van der Waals surface area contributed by atoms with Crippen molar-refractivity contribution in [3.63, 3.8) is 0 Å². The molecule has 0 spiro atoms. The average Bonchev–Trinajstić information content (AvgIpc) is 2.79. The van der Waals surface area contributed by atoms with E-state index in [4.69, 9.17) is 23.3 Å². The summed E-state index contributed by atoms with van der Waals surface area (Å²) in [6.45, 7) is 13.5. The highest BCUT2D eigenvalue weighted by atomic mass is 35.5. The number of pyridine rings is 1. The topological polar surface area (TPSA) is 67.8 Å². The van der Waals surface area contributed by atoms with Crippen LogP contribution in [0.3, 0.4) is 0 Å².